The third-order valence-electron chi connectivity index (χ3n) is 5.51. The van der Waals surface area contributed by atoms with E-state index in [1.165, 1.54) is 0 Å². The number of benzene rings is 2. The minimum absolute atomic E-state index is 0.00297. The normalized spacial score (nSPS) is 13.0. The highest BCUT2D eigenvalue weighted by molar-refractivity contribution is 5.94. The number of anilines is 1. The first kappa shape index (κ1) is 19.9. The number of nitrogens with zero attached hydrogens (tertiary/aromatic N) is 4. The van der Waals surface area contributed by atoms with Crippen LogP contribution in [0.2, 0.25) is 0 Å². The second-order valence-electron chi connectivity index (χ2n) is 7.38. The van der Waals surface area contributed by atoms with Gasteiger partial charge in [0.25, 0.3) is 5.91 Å². The predicted octanol–water partition coefficient (Wildman–Crippen LogP) is 3.81. The number of fused-ring (bicyclic) bond motifs is 1. The molecular formula is C24H26N4O2. The van der Waals surface area contributed by atoms with Gasteiger partial charge >= 0.3 is 0 Å². The highest BCUT2D eigenvalue weighted by Gasteiger charge is 2.27. The van der Waals surface area contributed by atoms with Gasteiger partial charge in [-0.1, -0.05) is 36.4 Å². The van der Waals surface area contributed by atoms with E-state index in [1.54, 1.807) is 13.2 Å². The maximum absolute atomic E-state index is 13.1. The van der Waals surface area contributed by atoms with Crippen LogP contribution in [0.4, 0.5) is 5.82 Å². The second-order valence-corrected chi connectivity index (χ2v) is 7.38. The summed E-state index contributed by atoms with van der Waals surface area (Å²) >= 11 is 0. The zero-order valence-corrected chi connectivity index (χ0v) is 17.6. The summed E-state index contributed by atoms with van der Waals surface area (Å²) < 4.78 is 5.27. The Bertz CT molecular complexity index is 1050. The quantitative estimate of drug-likeness (QED) is 0.650. The second kappa shape index (κ2) is 8.53. The van der Waals surface area contributed by atoms with Crippen molar-refractivity contribution in [1.82, 2.24) is 14.9 Å². The van der Waals surface area contributed by atoms with Gasteiger partial charge < -0.3 is 14.5 Å². The van der Waals surface area contributed by atoms with Crippen molar-refractivity contribution in [3.8, 4) is 17.1 Å². The Morgan fingerprint density at radius 3 is 2.67 bits per heavy atom. The van der Waals surface area contributed by atoms with Gasteiger partial charge in [-0.15, -0.1) is 0 Å². The molecule has 6 nitrogen and oxygen atoms in total. The van der Waals surface area contributed by atoms with Gasteiger partial charge in [0.05, 0.1) is 19.3 Å². The molecule has 2 aromatic carbocycles. The molecule has 0 aliphatic carbocycles. The molecule has 0 unspecified atom stereocenters. The Labute approximate surface area is 177 Å². The lowest BCUT2D eigenvalue weighted by Gasteiger charge is -2.31. The smallest absolute Gasteiger partial charge is 0.254 e. The van der Waals surface area contributed by atoms with Gasteiger partial charge in [-0.25, -0.2) is 9.97 Å². The number of methoxy groups -OCH3 is 1. The number of carbonyl (C=O) groups excluding carboxylic acids is 1. The zero-order chi connectivity index (χ0) is 21.1. The summed E-state index contributed by atoms with van der Waals surface area (Å²) in [5.41, 5.74) is 3.68. The molecule has 0 bridgehead atoms. The Hall–Kier alpha value is -3.41. The first-order chi connectivity index (χ1) is 14.6. The molecule has 0 fully saturated rings. The fraction of sp³-hybridized carbons (Fsp3) is 0.292. The predicted molar refractivity (Wildman–Crippen MR) is 118 cm³/mol. The summed E-state index contributed by atoms with van der Waals surface area (Å²) in [5.74, 6) is 2.30. The van der Waals surface area contributed by atoms with E-state index in [2.05, 4.69) is 11.8 Å². The van der Waals surface area contributed by atoms with Crippen molar-refractivity contribution in [2.24, 2.45) is 0 Å². The van der Waals surface area contributed by atoms with Gasteiger partial charge in [0.1, 0.15) is 11.6 Å². The van der Waals surface area contributed by atoms with Gasteiger partial charge in [0.15, 0.2) is 5.82 Å². The van der Waals surface area contributed by atoms with Crippen molar-refractivity contribution < 1.29 is 9.53 Å². The van der Waals surface area contributed by atoms with E-state index >= 15 is 0 Å². The number of amides is 1. The molecule has 0 radical (unpaired) electrons. The van der Waals surface area contributed by atoms with E-state index in [9.17, 15) is 4.79 Å². The average molecular weight is 402 g/mol. The van der Waals surface area contributed by atoms with Crippen LogP contribution in [-0.4, -0.2) is 48.0 Å². The monoisotopic (exact) mass is 402 g/mol. The van der Waals surface area contributed by atoms with Crippen LogP contribution in [0.25, 0.3) is 11.4 Å². The number of aromatic nitrogens is 2. The van der Waals surface area contributed by atoms with Crippen molar-refractivity contribution in [2.75, 3.05) is 32.1 Å². The molecule has 30 heavy (non-hydrogen) atoms. The van der Waals surface area contributed by atoms with Crippen molar-refractivity contribution in [3.63, 3.8) is 0 Å². The largest absolute Gasteiger partial charge is 0.497 e. The molecule has 1 aliphatic heterocycles. The SMILES string of the molecule is CCN(C)c1nc(-c2ccccc2)nc2c1CN(C(=O)c1cccc(OC)c1)CC2. The summed E-state index contributed by atoms with van der Waals surface area (Å²) in [6.45, 7) is 4.05. The highest BCUT2D eigenvalue weighted by atomic mass is 16.5. The van der Waals surface area contributed by atoms with Crippen LogP contribution in [0, 0.1) is 0 Å². The minimum Gasteiger partial charge on any atom is -0.497 e. The van der Waals surface area contributed by atoms with Gasteiger partial charge in [-0.05, 0) is 25.1 Å². The fourth-order valence-corrected chi connectivity index (χ4v) is 3.69. The molecule has 0 spiro atoms. The molecule has 6 heteroatoms. The van der Waals surface area contributed by atoms with E-state index in [-0.39, 0.29) is 5.91 Å². The summed E-state index contributed by atoms with van der Waals surface area (Å²) in [6.07, 6.45) is 0.706. The van der Waals surface area contributed by atoms with Crippen molar-refractivity contribution >= 4 is 11.7 Å². The zero-order valence-electron chi connectivity index (χ0n) is 17.6. The van der Waals surface area contributed by atoms with Crippen molar-refractivity contribution in [3.05, 3.63) is 71.4 Å². The summed E-state index contributed by atoms with van der Waals surface area (Å²) in [5, 5.41) is 0. The number of hydrogen-bond donors (Lipinski definition) is 0. The van der Waals surface area contributed by atoms with E-state index in [4.69, 9.17) is 14.7 Å². The van der Waals surface area contributed by atoms with Gasteiger partial charge in [0, 0.05) is 43.2 Å². The third kappa shape index (κ3) is 3.85. The Kier molecular flexibility index (Phi) is 5.65. The third-order valence-corrected chi connectivity index (χ3v) is 5.51. The first-order valence-electron chi connectivity index (χ1n) is 10.2. The minimum atomic E-state index is -0.00297. The maximum Gasteiger partial charge on any atom is 0.254 e. The van der Waals surface area contributed by atoms with Gasteiger partial charge in [-0.3, -0.25) is 4.79 Å². The number of rotatable bonds is 5. The average Bonchev–Trinajstić information content (AvgIpc) is 2.82. The van der Waals surface area contributed by atoms with Crippen LogP contribution < -0.4 is 9.64 Å². The highest BCUT2D eigenvalue weighted by Crippen LogP contribution is 2.30. The van der Waals surface area contributed by atoms with Gasteiger partial charge in [-0.2, -0.15) is 0 Å². The van der Waals surface area contributed by atoms with E-state index in [0.29, 0.717) is 30.8 Å². The molecule has 1 aliphatic rings. The van der Waals surface area contributed by atoms with Crippen molar-refractivity contribution in [1.29, 1.82) is 0 Å². The lowest BCUT2D eigenvalue weighted by atomic mass is 10.0. The Morgan fingerprint density at radius 1 is 1.13 bits per heavy atom. The van der Waals surface area contributed by atoms with Crippen LogP contribution in [-0.2, 0) is 13.0 Å². The van der Waals surface area contributed by atoms with Crippen LogP contribution in [0.1, 0.15) is 28.5 Å². The molecule has 0 atom stereocenters. The molecule has 3 aromatic rings. The molecule has 0 N–H and O–H groups in total. The van der Waals surface area contributed by atoms with Crippen LogP contribution in [0.5, 0.6) is 5.75 Å². The molecule has 4 rings (SSSR count). The standard InChI is InChI=1S/C24H26N4O2/c1-4-27(2)23-20-16-28(24(29)18-11-8-12-19(15-18)30-3)14-13-21(20)25-22(26-23)17-9-6-5-7-10-17/h5-12,15H,4,13-14,16H2,1-3H3. The Morgan fingerprint density at radius 2 is 1.93 bits per heavy atom. The number of carbonyl (C=O) groups is 1. The number of ether oxygens (including phenoxy) is 1. The molecule has 2 heterocycles. The Balaban J connectivity index is 1.69. The molecule has 1 amide bonds. The van der Waals surface area contributed by atoms with Gasteiger partial charge in [0.2, 0.25) is 0 Å². The fourth-order valence-electron chi connectivity index (χ4n) is 3.69. The van der Waals surface area contributed by atoms with E-state index in [0.717, 1.165) is 35.0 Å². The van der Waals surface area contributed by atoms with Crippen molar-refractivity contribution in [2.45, 2.75) is 19.9 Å². The lowest BCUT2D eigenvalue weighted by Crippen LogP contribution is -2.37. The summed E-state index contributed by atoms with van der Waals surface area (Å²) in [6, 6.07) is 17.3. The maximum atomic E-state index is 13.1. The molecule has 1 aromatic heterocycles. The summed E-state index contributed by atoms with van der Waals surface area (Å²) in [4.78, 5) is 26.9. The van der Waals surface area contributed by atoms with Crippen LogP contribution in [0.15, 0.2) is 54.6 Å². The molecule has 154 valence electrons. The lowest BCUT2D eigenvalue weighted by molar-refractivity contribution is 0.0733. The van der Waals surface area contributed by atoms with Crippen LogP contribution in [0.3, 0.4) is 0 Å². The molecular weight excluding hydrogens is 376 g/mol. The molecule has 0 saturated heterocycles. The number of hydrogen-bond acceptors (Lipinski definition) is 5. The summed E-state index contributed by atoms with van der Waals surface area (Å²) in [7, 11) is 3.63. The molecule has 0 saturated carbocycles. The van der Waals surface area contributed by atoms with Crippen LogP contribution >= 0.6 is 0 Å². The van der Waals surface area contributed by atoms with E-state index < -0.39 is 0 Å². The first-order valence-corrected chi connectivity index (χ1v) is 10.2. The topological polar surface area (TPSA) is 58.6 Å². The van der Waals surface area contributed by atoms with E-state index in [1.807, 2.05) is 60.5 Å².